The van der Waals surface area contributed by atoms with Crippen molar-refractivity contribution in [3.63, 3.8) is 0 Å². The SMILES string of the molecule is CN(C)C=NS(=O)(=O)c1cc(NC(=O)Cc2ccccc2Cl)cc2c1CCN(C1COC1)C2. The van der Waals surface area contributed by atoms with E-state index in [-0.39, 0.29) is 17.2 Å². The average Bonchev–Trinajstić information content (AvgIpc) is 2.72. The minimum absolute atomic E-state index is 0.0865. The first-order valence-electron chi connectivity index (χ1n) is 10.7. The van der Waals surface area contributed by atoms with Gasteiger partial charge >= 0.3 is 0 Å². The number of fused-ring (bicyclic) bond motifs is 1. The molecule has 33 heavy (non-hydrogen) atoms. The summed E-state index contributed by atoms with van der Waals surface area (Å²) in [4.78, 5) is 16.7. The fraction of sp³-hybridized carbons (Fsp3) is 0.391. The van der Waals surface area contributed by atoms with Crippen LogP contribution < -0.4 is 5.32 Å². The minimum atomic E-state index is -3.94. The molecule has 1 N–H and O–H groups in total. The van der Waals surface area contributed by atoms with Crippen LogP contribution in [0.5, 0.6) is 0 Å². The molecule has 0 aromatic heterocycles. The predicted octanol–water partition coefficient (Wildman–Crippen LogP) is 2.56. The molecule has 2 aliphatic rings. The van der Waals surface area contributed by atoms with Crippen LogP contribution in [0.3, 0.4) is 0 Å². The lowest BCUT2D eigenvalue weighted by molar-refractivity contribution is -0.115. The predicted molar refractivity (Wildman–Crippen MR) is 128 cm³/mol. The van der Waals surface area contributed by atoms with E-state index in [9.17, 15) is 13.2 Å². The van der Waals surface area contributed by atoms with Crippen LogP contribution >= 0.6 is 11.6 Å². The smallest absolute Gasteiger partial charge is 0.284 e. The average molecular weight is 491 g/mol. The van der Waals surface area contributed by atoms with Gasteiger partial charge in [0.05, 0.1) is 30.6 Å². The second kappa shape index (κ2) is 9.80. The third kappa shape index (κ3) is 5.55. The Labute approximate surface area is 199 Å². The van der Waals surface area contributed by atoms with E-state index in [1.165, 1.54) is 12.4 Å². The van der Waals surface area contributed by atoms with Crippen molar-refractivity contribution >= 4 is 39.6 Å². The summed E-state index contributed by atoms with van der Waals surface area (Å²) >= 11 is 6.18. The maximum atomic E-state index is 13.1. The number of carbonyl (C=O) groups excluding carboxylic acids is 1. The molecular formula is C23H27ClN4O4S. The number of nitrogens with zero attached hydrogens (tertiary/aromatic N) is 3. The van der Waals surface area contributed by atoms with Gasteiger partial charge in [-0.25, -0.2) is 0 Å². The van der Waals surface area contributed by atoms with Gasteiger partial charge in [0, 0.05) is 37.9 Å². The number of hydrogen-bond acceptors (Lipinski definition) is 5. The van der Waals surface area contributed by atoms with Crippen LogP contribution in [0, 0.1) is 0 Å². The number of anilines is 1. The first kappa shape index (κ1) is 23.7. The summed E-state index contributed by atoms with van der Waals surface area (Å²) in [6.45, 7) is 2.71. The van der Waals surface area contributed by atoms with Gasteiger partial charge in [-0.05, 0) is 41.3 Å². The molecular weight excluding hydrogens is 464 g/mol. The van der Waals surface area contributed by atoms with Gasteiger partial charge in [0.1, 0.15) is 6.34 Å². The lowest BCUT2D eigenvalue weighted by Gasteiger charge is -2.40. The molecule has 0 spiro atoms. The van der Waals surface area contributed by atoms with E-state index < -0.39 is 10.0 Å². The number of carbonyl (C=O) groups is 1. The lowest BCUT2D eigenvalue weighted by atomic mass is 9.97. The highest BCUT2D eigenvalue weighted by Crippen LogP contribution is 2.32. The van der Waals surface area contributed by atoms with Gasteiger partial charge in [0.15, 0.2) is 0 Å². The molecule has 2 aliphatic heterocycles. The molecule has 176 valence electrons. The van der Waals surface area contributed by atoms with Crippen molar-refractivity contribution in [1.29, 1.82) is 0 Å². The number of amides is 1. The Balaban J connectivity index is 1.65. The first-order valence-corrected chi connectivity index (χ1v) is 12.5. The summed E-state index contributed by atoms with van der Waals surface area (Å²) in [5.74, 6) is -0.275. The highest BCUT2D eigenvalue weighted by atomic mass is 35.5. The van der Waals surface area contributed by atoms with E-state index in [0.29, 0.717) is 48.5 Å². The molecule has 0 saturated carbocycles. The van der Waals surface area contributed by atoms with Crippen LogP contribution in [0.2, 0.25) is 5.02 Å². The second-order valence-corrected chi connectivity index (χ2v) is 10.5. The van der Waals surface area contributed by atoms with Crippen molar-refractivity contribution in [2.75, 3.05) is 39.2 Å². The van der Waals surface area contributed by atoms with E-state index in [2.05, 4.69) is 14.6 Å². The summed E-state index contributed by atoms with van der Waals surface area (Å²) in [5, 5.41) is 3.36. The van der Waals surface area contributed by atoms with Crippen LogP contribution in [0.25, 0.3) is 0 Å². The molecule has 1 amide bonds. The highest BCUT2D eigenvalue weighted by molar-refractivity contribution is 7.90. The molecule has 2 aromatic rings. The van der Waals surface area contributed by atoms with Crippen LogP contribution in [0.1, 0.15) is 16.7 Å². The molecule has 10 heteroatoms. The number of ether oxygens (including phenoxy) is 1. The van der Waals surface area contributed by atoms with Crippen molar-refractivity contribution in [1.82, 2.24) is 9.80 Å². The number of halogens is 1. The molecule has 0 bridgehead atoms. The number of benzene rings is 2. The number of sulfonamides is 1. The summed E-state index contributed by atoms with van der Waals surface area (Å²) in [5.41, 5.74) is 2.76. The van der Waals surface area contributed by atoms with Gasteiger partial charge < -0.3 is 15.0 Å². The maximum Gasteiger partial charge on any atom is 0.284 e. The number of nitrogens with one attached hydrogen (secondary N) is 1. The molecule has 1 fully saturated rings. The number of rotatable bonds is 7. The maximum absolute atomic E-state index is 13.1. The normalized spacial score (nSPS) is 16.9. The van der Waals surface area contributed by atoms with Crippen LogP contribution in [-0.2, 0) is 38.9 Å². The summed E-state index contributed by atoms with van der Waals surface area (Å²) in [6.07, 6.45) is 1.94. The van der Waals surface area contributed by atoms with Crippen molar-refractivity contribution < 1.29 is 17.9 Å². The quantitative estimate of drug-likeness (QED) is 0.474. The van der Waals surface area contributed by atoms with Crippen LogP contribution in [0.15, 0.2) is 45.7 Å². The molecule has 2 heterocycles. The van der Waals surface area contributed by atoms with E-state index >= 15 is 0 Å². The Morgan fingerprint density at radius 1 is 1.30 bits per heavy atom. The zero-order valence-corrected chi connectivity index (χ0v) is 20.2. The Bertz CT molecular complexity index is 1180. The van der Waals surface area contributed by atoms with Crippen LogP contribution in [0.4, 0.5) is 5.69 Å². The molecule has 0 atom stereocenters. The molecule has 1 saturated heterocycles. The highest BCUT2D eigenvalue weighted by Gasteiger charge is 2.32. The molecule has 8 nitrogen and oxygen atoms in total. The third-order valence-corrected chi connectivity index (χ3v) is 7.41. The summed E-state index contributed by atoms with van der Waals surface area (Å²) < 4.78 is 35.3. The van der Waals surface area contributed by atoms with Crippen molar-refractivity contribution in [2.24, 2.45) is 4.40 Å². The van der Waals surface area contributed by atoms with Crippen molar-refractivity contribution in [3.8, 4) is 0 Å². The lowest BCUT2D eigenvalue weighted by Crippen LogP contribution is -2.50. The Hall–Kier alpha value is -2.46. The van der Waals surface area contributed by atoms with Gasteiger partial charge in [-0.15, -0.1) is 4.40 Å². The van der Waals surface area contributed by atoms with Gasteiger partial charge in [0.25, 0.3) is 10.0 Å². The fourth-order valence-electron chi connectivity index (χ4n) is 3.96. The largest absolute Gasteiger partial charge is 0.378 e. The summed E-state index contributed by atoms with van der Waals surface area (Å²) in [7, 11) is -0.524. The van der Waals surface area contributed by atoms with E-state index in [1.54, 1.807) is 37.2 Å². The summed E-state index contributed by atoms with van der Waals surface area (Å²) in [6, 6.07) is 10.8. The number of hydrogen-bond donors (Lipinski definition) is 1. The van der Waals surface area contributed by atoms with Crippen molar-refractivity contribution in [2.45, 2.75) is 30.3 Å². The molecule has 0 aliphatic carbocycles. The topological polar surface area (TPSA) is 91.3 Å². The van der Waals surface area contributed by atoms with E-state index in [0.717, 1.165) is 17.7 Å². The Morgan fingerprint density at radius 2 is 2.06 bits per heavy atom. The van der Waals surface area contributed by atoms with Gasteiger partial charge in [-0.3, -0.25) is 9.69 Å². The molecule has 2 aromatic carbocycles. The minimum Gasteiger partial charge on any atom is -0.378 e. The van der Waals surface area contributed by atoms with Gasteiger partial charge in [0.2, 0.25) is 5.91 Å². The molecule has 0 radical (unpaired) electrons. The Morgan fingerprint density at radius 3 is 2.73 bits per heavy atom. The van der Waals surface area contributed by atoms with Crippen LogP contribution in [-0.4, -0.2) is 70.4 Å². The standard InChI is InChI=1S/C23H27ClN4O4S/c1-27(2)15-25-33(30,31)22-11-18(26-23(29)10-16-5-3-4-6-21(16)24)9-17-12-28(8-7-20(17)22)19-13-32-14-19/h3-6,9,11,15,19H,7-8,10,12-14H2,1-2H3,(H,26,29). The van der Waals surface area contributed by atoms with E-state index in [1.807, 2.05) is 12.1 Å². The first-order chi connectivity index (χ1) is 15.7. The Kier molecular flexibility index (Phi) is 7.04. The zero-order valence-electron chi connectivity index (χ0n) is 18.6. The third-order valence-electron chi connectivity index (χ3n) is 5.75. The van der Waals surface area contributed by atoms with Gasteiger partial charge in [-0.1, -0.05) is 29.8 Å². The second-order valence-electron chi connectivity index (χ2n) is 8.50. The van der Waals surface area contributed by atoms with E-state index in [4.69, 9.17) is 16.3 Å². The van der Waals surface area contributed by atoms with Crippen molar-refractivity contribution in [3.05, 3.63) is 58.1 Å². The van der Waals surface area contributed by atoms with Gasteiger partial charge in [-0.2, -0.15) is 8.42 Å². The molecule has 4 rings (SSSR count). The fourth-order valence-corrected chi connectivity index (χ4v) is 5.41. The monoisotopic (exact) mass is 490 g/mol. The zero-order chi connectivity index (χ0) is 23.6. The molecule has 0 unspecified atom stereocenters.